The molecule has 130 valence electrons. The van der Waals surface area contributed by atoms with Crippen LogP contribution in [-0.2, 0) is 4.79 Å². The van der Waals surface area contributed by atoms with Gasteiger partial charge in [0.1, 0.15) is 10.7 Å². The standard InChI is InChI=1S/C16H15N3O5S/c1-16(15(21)22)5-6-18(9-16)14(20)12-8-25-13(17-12)10-3-2-4-11(7-10)19(23)24/h2-4,7-8H,5-6,9H2,1H3,(H,21,22). The Kier molecular flexibility index (Phi) is 4.25. The molecule has 0 bridgehead atoms. The maximum Gasteiger partial charge on any atom is 0.311 e. The van der Waals surface area contributed by atoms with Gasteiger partial charge in [0.2, 0.25) is 0 Å². The largest absolute Gasteiger partial charge is 0.481 e. The summed E-state index contributed by atoms with van der Waals surface area (Å²) in [4.78, 5) is 40.0. The highest BCUT2D eigenvalue weighted by atomic mass is 32.1. The molecule has 1 N–H and O–H groups in total. The molecule has 1 amide bonds. The molecule has 2 aromatic rings. The van der Waals surface area contributed by atoms with E-state index < -0.39 is 16.3 Å². The molecule has 1 atom stereocenters. The second-order valence-electron chi connectivity index (χ2n) is 6.19. The summed E-state index contributed by atoms with van der Waals surface area (Å²) < 4.78 is 0. The fourth-order valence-electron chi connectivity index (χ4n) is 2.73. The molecular weight excluding hydrogens is 346 g/mol. The van der Waals surface area contributed by atoms with E-state index in [1.807, 2.05) is 0 Å². The monoisotopic (exact) mass is 361 g/mol. The predicted molar refractivity (Wildman–Crippen MR) is 90.5 cm³/mol. The third kappa shape index (κ3) is 3.22. The Labute approximate surface area is 146 Å². The molecule has 1 aliphatic heterocycles. The van der Waals surface area contributed by atoms with Crippen LogP contribution in [0.5, 0.6) is 0 Å². The topological polar surface area (TPSA) is 114 Å². The lowest BCUT2D eigenvalue weighted by Gasteiger charge is -2.19. The van der Waals surface area contributed by atoms with Crippen LogP contribution >= 0.6 is 11.3 Å². The van der Waals surface area contributed by atoms with Crippen molar-refractivity contribution in [2.45, 2.75) is 13.3 Å². The van der Waals surface area contributed by atoms with Crippen molar-refractivity contribution in [3.63, 3.8) is 0 Å². The molecule has 1 aromatic heterocycles. The highest BCUT2D eigenvalue weighted by Crippen LogP contribution is 2.32. The third-order valence-corrected chi connectivity index (χ3v) is 5.20. The minimum absolute atomic E-state index is 0.0441. The summed E-state index contributed by atoms with van der Waals surface area (Å²) in [6.45, 7) is 2.13. The van der Waals surface area contributed by atoms with Gasteiger partial charge < -0.3 is 10.0 Å². The first-order chi connectivity index (χ1) is 11.8. The zero-order valence-electron chi connectivity index (χ0n) is 13.3. The number of thiazole rings is 1. The summed E-state index contributed by atoms with van der Waals surface area (Å²) in [5.41, 5.74) is -0.192. The summed E-state index contributed by atoms with van der Waals surface area (Å²) in [6.07, 6.45) is 0.399. The van der Waals surface area contributed by atoms with Crippen LogP contribution < -0.4 is 0 Å². The van der Waals surface area contributed by atoms with E-state index in [2.05, 4.69) is 4.98 Å². The molecule has 3 rings (SSSR count). The molecule has 1 unspecified atom stereocenters. The molecule has 2 heterocycles. The lowest BCUT2D eigenvalue weighted by Crippen LogP contribution is -2.35. The Bertz CT molecular complexity index is 865. The quantitative estimate of drug-likeness (QED) is 0.661. The average Bonchev–Trinajstić information content (AvgIpc) is 3.22. The zero-order valence-corrected chi connectivity index (χ0v) is 14.2. The summed E-state index contributed by atoms with van der Waals surface area (Å²) >= 11 is 1.22. The number of nitro groups is 1. The number of nitrogens with zero attached hydrogens (tertiary/aromatic N) is 3. The number of benzene rings is 1. The second-order valence-corrected chi connectivity index (χ2v) is 7.05. The number of carboxylic acid groups (broad SMARTS) is 1. The van der Waals surface area contributed by atoms with Crippen molar-refractivity contribution in [2.75, 3.05) is 13.1 Å². The summed E-state index contributed by atoms with van der Waals surface area (Å²) in [7, 11) is 0. The Balaban J connectivity index is 1.80. The number of carbonyl (C=O) groups is 2. The number of aromatic nitrogens is 1. The number of non-ortho nitro benzene ring substituents is 1. The van der Waals surface area contributed by atoms with Crippen molar-refractivity contribution in [3.8, 4) is 10.6 Å². The van der Waals surface area contributed by atoms with E-state index in [0.29, 0.717) is 23.5 Å². The first-order valence-corrected chi connectivity index (χ1v) is 8.41. The van der Waals surface area contributed by atoms with Crippen LogP contribution in [-0.4, -0.2) is 44.9 Å². The molecule has 9 heteroatoms. The highest BCUT2D eigenvalue weighted by Gasteiger charge is 2.42. The lowest BCUT2D eigenvalue weighted by molar-refractivity contribution is -0.384. The van der Waals surface area contributed by atoms with Crippen molar-refractivity contribution in [3.05, 3.63) is 45.5 Å². The number of aliphatic carboxylic acids is 1. The number of hydrogen-bond donors (Lipinski definition) is 1. The van der Waals surface area contributed by atoms with E-state index in [-0.39, 0.29) is 23.8 Å². The summed E-state index contributed by atoms with van der Waals surface area (Å²) in [5, 5.41) is 22.2. The Morgan fingerprint density at radius 1 is 1.44 bits per heavy atom. The normalized spacial score (nSPS) is 19.8. The maximum absolute atomic E-state index is 12.5. The van der Waals surface area contributed by atoms with E-state index in [9.17, 15) is 24.8 Å². The molecule has 25 heavy (non-hydrogen) atoms. The number of hydrogen-bond acceptors (Lipinski definition) is 6. The molecule has 0 radical (unpaired) electrons. The van der Waals surface area contributed by atoms with Gasteiger partial charge >= 0.3 is 5.97 Å². The van der Waals surface area contributed by atoms with E-state index in [0.717, 1.165) is 0 Å². The number of nitro benzene ring substituents is 1. The molecule has 1 aliphatic rings. The van der Waals surface area contributed by atoms with Gasteiger partial charge in [-0.1, -0.05) is 12.1 Å². The van der Waals surface area contributed by atoms with Crippen LogP contribution in [0.2, 0.25) is 0 Å². The van der Waals surface area contributed by atoms with Gasteiger partial charge in [-0.25, -0.2) is 4.98 Å². The zero-order chi connectivity index (χ0) is 18.2. The average molecular weight is 361 g/mol. The van der Waals surface area contributed by atoms with Crippen molar-refractivity contribution >= 4 is 28.9 Å². The third-order valence-electron chi connectivity index (χ3n) is 4.30. The van der Waals surface area contributed by atoms with Crippen molar-refractivity contribution in [1.82, 2.24) is 9.88 Å². The van der Waals surface area contributed by atoms with Gasteiger partial charge in [-0.3, -0.25) is 19.7 Å². The number of likely N-dealkylation sites (tertiary alicyclic amines) is 1. The molecule has 0 aliphatic carbocycles. The van der Waals surface area contributed by atoms with Crippen LogP contribution in [0.3, 0.4) is 0 Å². The van der Waals surface area contributed by atoms with E-state index in [1.54, 1.807) is 24.4 Å². The Hall–Kier alpha value is -2.81. The van der Waals surface area contributed by atoms with Crippen molar-refractivity contribution < 1.29 is 19.6 Å². The lowest BCUT2D eigenvalue weighted by atomic mass is 9.90. The number of rotatable bonds is 4. The van der Waals surface area contributed by atoms with E-state index >= 15 is 0 Å². The number of carboxylic acids is 1. The maximum atomic E-state index is 12.5. The van der Waals surface area contributed by atoms with Crippen LogP contribution in [0, 0.1) is 15.5 Å². The molecule has 1 saturated heterocycles. The molecule has 0 saturated carbocycles. The van der Waals surface area contributed by atoms with Gasteiger partial charge in [0.25, 0.3) is 11.6 Å². The van der Waals surface area contributed by atoms with E-state index in [1.165, 1.54) is 28.4 Å². The molecular formula is C16H15N3O5S. The number of carbonyl (C=O) groups excluding carboxylic acids is 1. The first kappa shape index (κ1) is 17.0. The molecule has 0 spiro atoms. The molecule has 1 fully saturated rings. The van der Waals surface area contributed by atoms with Crippen LogP contribution in [0.1, 0.15) is 23.8 Å². The second kappa shape index (κ2) is 6.25. The molecule has 8 nitrogen and oxygen atoms in total. The van der Waals surface area contributed by atoms with Crippen molar-refractivity contribution in [2.24, 2.45) is 5.41 Å². The van der Waals surface area contributed by atoms with Gasteiger partial charge in [0.05, 0.1) is 10.3 Å². The molecule has 1 aromatic carbocycles. The Morgan fingerprint density at radius 2 is 2.20 bits per heavy atom. The smallest absolute Gasteiger partial charge is 0.311 e. The van der Waals surface area contributed by atoms with E-state index in [4.69, 9.17) is 0 Å². The summed E-state index contributed by atoms with van der Waals surface area (Å²) in [6, 6.07) is 6.05. The van der Waals surface area contributed by atoms with Gasteiger partial charge in [-0.05, 0) is 13.3 Å². The van der Waals surface area contributed by atoms with Crippen molar-refractivity contribution in [1.29, 1.82) is 0 Å². The van der Waals surface area contributed by atoms with Gasteiger partial charge in [-0.15, -0.1) is 11.3 Å². The van der Waals surface area contributed by atoms with Gasteiger partial charge in [0.15, 0.2) is 0 Å². The minimum atomic E-state index is -0.936. The fourth-order valence-corrected chi connectivity index (χ4v) is 3.52. The SMILES string of the molecule is CC1(C(=O)O)CCN(C(=O)c2csc(-c3cccc([N+](=O)[O-])c3)n2)C1. The first-order valence-electron chi connectivity index (χ1n) is 7.53. The number of amides is 1. The van der Waals surface area contributed by atoms with Crippen LogP contribution in [0.4, 0.5) is 5.69 Å². The van der Waals surface area contributed by atoms with Gasteiger partial charge in [0, 0.05) is 36.2 Å². The van der Waals surface area contributed by atoms with Crippen LogP contribution in [0.15, 0.2) is 29.6 Å². The van der Waals surface area contributed by atoms with Crippen LogP contribution in [0.25, 0.3) is 10.6 Å². The summed E-state index contributed by atoms with van der Waals surface area (Å²) in [5.74, 6) is -1.24. The fraction of sp³-hybridized carbons (Fsp3) is 0.312. The minimum Gasteiger partial charge on any atom is -0.481 e. The Morgan fingerprint density at radius 3 is 2.84 bits per heavy atom. The predicted octanol–water partition coefficient (Wildman–Crippen LogP) is 2.66. The highest BCUT2D eigenvalue weighted by molar-refractivity contribution is 7.13. The van der Waals surface area contributed by atoms with Gasteiger partial charge in [-0.2, -0.15) is 0 Å².